The van der Waals surface area contributed by atoms with Gasteiger partial charge >= 0.3 is 5.97 Å². The first-order valence-electron chi connectivity index (χ1n) is 4.17. The van der Waals surface area contributed by atoms with Crippen LogP contribution in [-0.4, -0.2) is 5.97 Å². The molecule has 0 saturated carbocycles. The predicted molar refractivity (Wildman–Crippen MR) is 56.4 cm³/mol. The van der Waals surface area contributed by atoms with Crippen molar-refractivity contribution < 1.29 is 9.53 Å². The van der Waals surface area contributed by atoms with Crippen LogP contribution >= 0.6 is 0 Å². The first-order valence-corrected chi connectivity index (χ1v) is 4.17. The fourth-order valence-electron chi connectivity index (χ4n) is 1.60. The second kappa shape index (κ2) is 2.67. The predicted octanol–water partition coefficient (Wildman–Crippen LogP) is -0.857. The van der Waals surface area contributed by atoms with Crippen LogP contribution in [-0.2, 0) is 4.74 Å². The molecule has 7 heteroatoms. The van der Waals surface area contributed by atoms with Crippen LogP contribution in [0.1, 0.15) is 22.1 Å². The second-order valence-corrected chi connectivity index (χ2v) is 3.27. The van der Waals surface area contributed by atoms with Gasteiger partial charge in [-0.3, -0.25) is 5.73 Å². The lowest BCUT2D eigenvalue weighted by Crippen LogP contribution is -2.13. The lowest BCUT2D eigenvalue weighted by atomic mass is 10.0. The fraction of sp³-hybridized carbons (Fsp3) is 0.125. The maximum absolute atomic E-state index is 11.4. The van der Waals surface area contributed by atoms with Gasteiger partial charge < -0.3 is 27.7 Å². The minimum Gasteiger partial charge on any atom is -0.439 e. The molecule has 1 aromatic carbocycles. The number of carbonyl (C=O) groups excluding carboxylic acids is 1. The largest absolute Gasteiger partial charge is 0.439 e. The summed E-state index contributed by atoms with van der Waals surface area (Å²) in [5.74, 6) is -0.631. The van der Waals surface area contributed by atoms with Crippen molar-refractivity contribution >= 4 is 28.7 Å². The Balaban J connectivity index is 2.86. The Morgan fingerprint density at radius 3 is 2.07 bits per heavy atom. The number of fused-ring (bicyclic) bond motifs is 1. The molecular formula is C8H11N5O2. The van der Waals surface area contributed by atoms with Crippen molar-refractivity contribution in [1.82, 2.24) is 0 Å². The lowest BCUT2D eigenvalue weighted by Gasteiger charge is -2.12. The molecule has 0 amide bonds. The van der Waals surface area contributed by atoms with Gasteiger partial charge in [0.1, 0.15) is 0 Å². The molecule has 80 valence electrons. The van der Waals surface area contributed by atoms with Crippen LogP contribution in [0.5, 0.6) is 0 Å². The second-order valence-electron chi connectivity index (χ2n) is 3.27. The normalized spacial score (nSPS) is 18.7. The van der Waals surface area contributed by atoms with Crippen molar-refractivity contribution in [2.75, 3.05) is 22.9 Å². The zero-order valence-electron chi connectivity index (χ0n) is 7.78. The van der Waals surface area contributed by atoms with E-state index in [1.807, 2.05) is 0 Å². The monoisotopic (exact) mass is 209 g/mol. The molecule has 1 aliphatic heterocycles. The maximum Gasteiger partial charge on any atom is 0.342 e. The van der Waals surface area contributed by atoms with Gasteiger partial charge in [0, 0.05) is 5.56 Å². The molecule has 0 spiro atoms. The van der Waals surface area contributed by atoms with Crippen LogP contribution in [0.25, 0.3) is 0 Å². The molecule has 1 heterocycles. The van der Waals surface area contributed by atoms with E-state index in [1.54, 1.807) is 0 Å². The highest BCUT2D eigenvalue weighted by atomic mass is 16.6. The smallest absolute Gasteiger partial charge is 0.342 e. The van der Waals surface area contributed by atoms with Crippen LogP contribution in [0.15, 0.2) is 0 Å². The number of carbonyl (C=O) groups is 1. The van der Waals surface area contributed by atoms with Gasteiger partial charge in [0.15, 0.2) is 6.23 Å². The average molecular weight is 209 g/mol. The lowest BCUT2D eigenvalue weighted by molar-refractivity contribution is 0.0401. The third kappa shape index (κ3) is 1.00. The number of rotatable bonds is 0. The number of ether oxygens (including phenoxy) is 1. The van der Waals surface area contributed by atoms with Gasteiger partial charge in [-0.15, -0.1) is 0 Å². The molecule has 7 nitrogen and oxygen atoms in total. The average Bonchev–Trinajstić information content (AvgIpc) is 2.47. The number of nitrogen functional groups attached to an aromatic ring is 4. The minimum absolute atomic E-state index is 0.0645. The quantitative estimate of drug-likeness (QED) is 0.275. The van der Waals surface area contributed by atoms with Crippen molar-refractivity contribution in [3.63, 3.8) is 0 Å². The Morgan fingerprint density at radius 1 is 0.933 bits per heavy atom. The van der Waals surface area contributed by atoms with Crippen molar-refractivity contribution in [3.8, 4) is 0 Å². The first-order chi connectivity index (χ1) is 6.95. The molecule has 0 saturated heterocycles. The molecule has 1 aromatic rings. The van der Waals surface area contributed by atoms with Crippen molar-refractivity contribution in [1.29, 1.82) is 0 Å². The summed E-state index contributed by atoms with van der Waals surface area (Å²) in [6.45, 7) is 0. The van der Waals surface area contributed by atoms with Crippen LogP contribution in [0.2, 0.25) is 0 Å². The van der Waals surface area contributed by atoms with E-state index in [2.05, 4.69) is 0 Å². The molecule has 0 bridgehead atoms. The third-order valence-electron chi connectivity index (χ3n) is 2.42. The summed E-state index contributed by atoms with van der Waals surface area (Å²) in [6, 6.07) is 0. The van der Waals surface area contributed by atoms with Gasteiger partial charge in [-0.2, -0.15) is 0 Å². The third-order valence-corrected chi connectivity index (χ3v) is 2.42. The number of esters is 1. The number of hydrogen-bond acceptors (Lipinski definition) is 7. The van der Waals surface area contributed by atoms with Gasteiger partial charge in [0.05, 0.1) is 28.3 Å². The summed E-state index contributed by atoms with van der Waals surface area (Å²) in [6.07, 6.45) is -0.933. The van der Waals surface area contributed by atoms with E-state index in [1.165, 1.54) is 0 Å². The van der Waals surface area contributed by atoms with Crippen LogP contribution in [0.3, 0.4) is 0 Å². The number of benzene rings is 1. The molecular weight excluding hydrogens is 198 g/mol. The standard InChI is InChI=1S/C8H11N5O2/c9-3-1-2(8(14)15-7(1)13)4(10)6(12)5(3)11/h7H,9-13H2. The van der Waals surface area contributed by atoms with Crippen molar-refractivity contribution in [3.05, 3.63) is 11.1 Å². The molecule has 15 heavy (non-hydrogen) atoms. The van der Waals surface area contributed by atoms with E-state index in [0.29, 0.717) is 5.56 Å². The fourth-order valence-corrected chi connectivity index (χ4v) is 1.60. The molecule has 10 N–H and O–H groups in total. The van der Waals surface area contributed by atoms with Gasteiger partial charge in [-0.25, -0.2) is 4.79 Å². The summed E-state index contributed by atoms with van der Waals surface area (Å²) >= 11 is 0. The zero-order valence-corrected chi connectivity index (χ0v) is 7.78. The number of cyclic esters (lactones) is 1. The summed E-state index contributed by atoms with van der Waals surface area (Å²) in [4.78, 5) is 11.4. The molecule has 0 aliphatic carbocycles. The van der Waals surface area contributed by atoms with Crippen LogP contribution in [0, 0.1) is 0 Å². The van der Waals surface area contributed by atoms with E-state index < -0.39 is 12.2 Å². The van der Waals surface area contributed by atoms with Crippen LogP contribution < -0.4 is 28.7 Å². The Hall–Kier alpha value is -2.15. The Kier molecular flexibility index (Phi) is 1.68. The summed E-state index contributed by atoms with van der Waals surface area (Å²) < 4.78 is 4.77. The van der Waals surface area contributed by atoms with Gasteiger partial charge in [-0.05, 0) is 0 Å². The SMILES string of the molecule is Nc1c(N)c(N)c2c(c1N)C(=O)OC2N. The molecule has 1 aliphatic rings. The van der Waals surface area contributed by atoms with E-state index in [-0.39, 0.29) is 28.3 Å². The van der Waals surface area contributed by atoms with Gasteiger partial charge in [0.2, 0.25) is 0 Å². The van der Waals surface area contributed by atoms with Crippen molar-refractivity contribution in [2.45, 2.75) is 6.23 Å². The topological polar surface area (TPSA) is 156 Å². The highest BCUT2D eigenvalue weighted by Crippen LogP contribution is 2.43. The number of hydrogen-bond donors (Lipinski definition) is 5. The Labute approximate surface area is 85.1 Å². The number of anilines is 4. The Morgan fingerprint density at radius 2 is 1.47 bits per heavy atom. The Bertz CT molecular complexity index is 471. The molecule has 1 unspecified atom stereocenters. The molecule has 0 fully saturated rings. The summed E-state index contributed by atoms with van der Waals surface area (Å²) in [5.41, 5.74) is 28.9. The van der Waals surface area contributed by atoms with E-state index in [9.17, 15) is 4.79 Å². The van der Waals surface area contributed by atoms with Crippen LogP contribution in [0.4, 0.5) is 22.7 Å². The minimum atomic E-state index is -0.933. The summed E-state index contributed by atoms with van der Waals surface area (Å²) in [7, 11) is 0. The zero-order chi connectivity index (χ0) is 11.3. The van der Waals surface area contributed by atoms with Gasteiger partial charge in [-0.1, -0.05) is 0 Å². The van der Waals surface area contributed by atoms with E-state index in [4.69, 9.17) is 33.4 Å². The maximum atomic E-state index is 11.4. The highest BCUT2D eigenvalue weighted by Gasteiger charge is 2.35. The highest BCUT2D eigenvalue weighted by molar-refractivity contribution is 6.07. The van der Waals surface area contributed by atoms with E-state index in [0.717, 1.165) is 0 Å². The molecule has 1 atom stereocenters. The molecule has 0 radical (unpaired) electrons. The number of nitrogens with two attached hydrogens (primary N) is 5. The summed E-state index contributed by atoms with van der Waals surface area (Å²) in [5, 5.41) is 0. The molecule has 2 rings (SSSR count). The van der Waals surface area contributed by atoms with E-state index >= 15 is 0 Å². The van der Waals surface area contributed by atoms with Crippen molar-refractivity contribution in [2.24, 2.45) is 5.73 Å². The van der Waals surface area contributed by atoms with Gasteiger partial charge in [0.25, 0.3) is 0 Å². The first kappa shape index (κ1) is 9.41. The molecule has 0 aromatic heterocycles.